The van der Waals surface area contributed by atoms with Crippen molar-refractivity contribution >= 4 is 17.7 Å². The van der Waals surface area contributed by atoms with Crippen molar-refractivity contribution < 1.29 is 13.6 Å². The number of carbonyl (C=O) groups is 1. The molecule has 1 N–H and O–H groups in total. The van der Waals surface area contributed by atoms with Gasteiger partial charge in [0, 0.05) is 17.7 Å². The molecule has 1 amide bonds. The van der Waals surface area contributed by atoms with E-state index in [2.05, 4.69) is 41.5 Å². The molecule has 1 aliphatic carbocycles. The smallest absolute Gasteiger partial charge is 0.249 e. The van der Waals surface area contributed by atoms with Crippen molar-refractivity contribution in [2.75, 3.05) is 32.4 Å². The van der Waals surface area contributed by atoms with E-state index in [1.807, 2.05) is 42.1 Å². The van der Waals surface area contributed by atoms with Crippen LogP contribution in [-0.2, 0) is 4.79 Å². The lowest BCUT2D eigenvalue weighted by atomic mass is 9.72. The maximum atomic E-state index is 14.3. The van der Waals surface area contributed by atoms with E-state index in [1.54, 1.807) is 0 Å². The number of nitrogens with one attached hydrogen (secondary N) is 1. The van der Waals surface area contributed by atoms with Crippen LogP contribution in [0.4, 0.5) is 8.78 Å². The lowest BCUT2D eigenvalue weighted by molar-refractivity contribution is -0.133. The predicted octanol–water partition coefficient (Wildman–Crippen LogP) is 6.34. The number of alkyl halides is 2. The van der Waals surface area contributed by atoms with Crippen LogP contribution in [0.25, 0.3) is 11.1 Å². The number of carbonyl (C=O) groups excluding carboxylic acids is 1. The largest absolute Gasteiger partial charge is 0.343 e. The first-order valence-electron chi connectivity index (χ1n) is 12.9. The lowest BCUT2D eigenvalue weighted by Crippen LogP contribution is -2.41. The molecule has 2 aromatic rings. The van der Waals surface area contributed by atoms with Crippen molar-refractivity contribution in [2.24, 2.45) is 11.8 Å². The molecule has 0 radical (unpaired) electrons. The Hall–Kier alpha value is -2.43. The number of hydrogen-bond donors (Lipinski definition) is 1. The van der Waals surface area contributed by atoms with Crippen LogP contribution in [-0.4, -0.2) is 49.2 Å². The van der Waals surface area contributed by atoms with Crippen LogP contribution in [0.5, 0.6) is 0 Å². The molecule has 0 aromatic heterocycles. The number of amides is 1. The van der Waals surface area contributed by atoms with Gasteiger partial charge < -0.3 is 10.2 Å². The normalized spacial score (nSPS) is 22.6. The van der Waals surface area contributed by atoms with Gasteiger partial charge in [-0.3, -0.25) is 4.79 Å². The second kappa shape index (κ2) is 12.2. The molecule has 1 aliphatic heterocycles. The third-order valence-corrected chi connectivity index (χ3v) is 8.71. The fourth-order valence-electron chi connectivity index (χ4n) is 5.55. The van der Waals surface area contributed by atoms with Gasteiger partial charge in [-0.15, -0.1) is 11.8 Å². The van der Waals surface area contributed by atoms with E-state index in [9.17, 15) is 13.6 Å². The number of likely N-dealkylation sites (tertiary alicyclic amines) is 1. The Kier molecular flexibility index (Phi) is 9.03. The van der Waals surface area contributed by atoms with Gasteiger partial charge in [-0.1, -0.05) is 36.4 Å². The number of halogens is 2. The molecule has 192 valence electrons. The Balaban J connectivity index is 1.46. The molecular weight excluding hydrogens is 476 g/mol. The number of piperidine rings is 1. The zero-order chi connectivity index (χ0) is 25.5. The molecule has 36 heavy (non-hydrogen) atoms. The summed E-state index contributed by atoms with van der Waals surface area (Å²) >= 11 is 1.89. The van der Waals surface area contributed by atoms with Crippen LogP contribution in [0.15, 0.2) is 53.4 Å². The minimum absolute atomic E-state index is 0.174. The molecule has 1 saturated heterocycles. The van der Waals surface area contributed by atoms with Gasteiger partial charge >= 0.3 is 0 Å². The number of hydrogen-bond acceptors (Lipinski definition) is 4. The van der Waals surface area contributed by atoms with Crippen LogP contribution >= 0.6 is 11.8 Å². The molecule has 0 unspecified atom stereocenters. The van der Waals surface area contributed by atoms with E-state index in [0.29, 0.717) is 0 Å². The number of nitrogens with zero attached hydrogens (tertiary/aromatic N) is 2. The van der Waals surface area contributed by atoms with Gasteiger partial charge in [-0.05, 0) is 92.2 Å². The Labute approximate surface area is 217 Å². The Bertz CT molecular complexity index is 1060. The summed E-state index contributed by atoms with van der Waals surface area (Å²) in [5, 5.41) is 11.3. The van der Waals surface area contributed by atoms with Crippen molar-refractivity contribution in [1.29, 1.82) is 5.26 Å². The molecule has 4 rings (SSSR count). The van der Waals surface area contributed by atoms with Crippen LogP contribution in [0, 0.1) is 23.2 Å². The highest BCUT2D eigenvalue weighted by Crippen LogP contribution is 2.47. The number of thioether (sulfide) groups is 1. The van der Waals surface area contributed by atoms with Crippen molar-refractivity contribution in [3.63, 3.8) is 0 Å². The fourth-order valence-corrected chi connectivity index (χ4v) is 6.56. The molecule has 2 fully saturated rings. The van der Waals surface area contributed by atoms with Gasteiger partial charge in [0.1, 0.15) is 6.54 Å². The first-order valence-corrected chi connectivity index (χ1v) is 13.9. The zero-order valence-electron chi connectivity index (χ0n) is 20.9. The van der Waals surface area contributed by atoms with Crippen LogP contribution in [0.2, 0.25) is 0 Å². The molecule has 4 nitrogen and oxygen atoms in total. The molecule has 1 heterocycles. The molecule has 1 saturated carbocycles. The van der Waals surface area contributed by atoms with Gasteiger partial charge in [0.2, 0.25) is 11.8 Å². The third kappa shape index (κ3) is 6.86. The molecule has 0 bridgehead atoms. The number of nitriles is 1. The van der Waals surface area contributed by atoms with E-state index >= 15 is 0 Å². The average molecular weight is 512 g/mol. The maximum Gasteiger partial charge on any atom is 0.249 e. The first-order chi connectivity index (χ1) is 17.4. The lowest BCUT2D eigenvalue weighted by Gasteiger charge is -2.36. The van der Waals surface area contributed by atoms with Crippen LogP contribution in [0.1, 0.15) is 50.0 Å². The third-order valence-electron chi connectivity index (χ3n) is 7.66. The standard InChI is InChI=1S/C29H35F2N3OS/c1-34-17-11-21(12-18-34)13-19-36-23-8-6-22(7-9-23)24-4-2-3-5-25(24)26-10-14-29(30,31)20-27(26)28(35)33-16-15-32/h2-9,21,26-27H,10-14,16-20H2,1H3,(H,33,35)/t26-,27+/m0/s1. The molecule has 2 atom stereocenters. The molecule has 7 heteroatoms. The Morgan fingerprint density at radius 2 is 1.86 bits per heavy atom. The summed E-state index contributed by atoms with van der Waals surface area (Å²) in [4.78, 5) is 16.4. The Morgan fingerprint density at radius 1 is 1.14 bits per heavy atom. The highest BCUT2D eigenvalue weighted by atomic mass is 32.2. The summed E-state index contributed by atoms with van der Waals surface area (Å²) in [7, 11) is 2.19. The summed E-state index contributed by atoms with van der Waals surface area (Å²) < 4.78 is 28.6. The number of benzene rings is 2. The van der Waals surface area contributed by atoms with E-state index in [1.165, 1.54) is 37.2 Å². The second-order valence-electron chi connectivity index (χ2n) is 10.2. The van der Waals surface area contributed by atoms with Crippen LogP contribution < -0.4 is 5.32 Å². The van der Waals surface area contributed by atoms with Gasteiger partial charge in [0.15, 0.2) is 0 Å². The van der Waals surface area contributed by atoms with E-state index in [4.69, 9.17) is 5.26 Å². The number of rotatable bonds is 8. The predicted molar refractivity (Wildman–Crippen MR) is 141 cm³/mol. The quantitative estimate of drug-likeness (QED) is 0.332. The zero-order valence-corrected chi connectivity index (χ0v) is 21.7. The topological polar surface area (TPSA) is 56.1 Å². The van der Waals surface area contributed by atoms with Crippen LogP contribution in [0.3, 0.4) is 0 Å². The van der Waals surface area contributed by atoms with E-state index in [-0.39, 0.29) is 25.3 Å². The highest BCUT2D eigenvalue weighted by Gasteiger charge is 2.45. The van der Waals surface area contributed by atoms with Crippen molar-refractivity contribution in [3.05, 3.63) is 54.1 Å². The molecule has 0 spiro atoms. The van der Waals surface area contributed by atoms with E-state index < -0.39 is 24.2 Å². The van der Waals surface area contributed by atoms with Crippen molar-refractivity contribution in [3.8, 4) is 17.2 Å². The summed E-state index contributed by atoms with van der Waals surface area (Å²) in [6.45, 7) is 2.22. The minimum Gasteiger partial charge on any atom is -0.343 e. The average Bonchev–Trinajstić information content (AvgIpc) is 2.88. The fraction of sp³-hybridized carbons (Fsp3) is 0.517. The maximum absolute atomic E-state index is 14.3. The van der Waals surface area contributed by atoms with Gasteiger partial charge in [0.05, 0.1) is 12.0 Å². The minimum atomic E-state index is -2.87. The molecule has 2 aliphatic rings. The second-order valence-corrected chi connectivity index (χ2v) is 11.4. The molecule has 2 aromatic carbocycles. The SMILES string of the molecule is CN1CCC(CCSc2ccc(-c3ccccc3[C@@H]3CCC(F)(F)C[C@H]3C(=O)NCC#N)cc2)CC1. The molecular formula is C29H35F2N3OS. The Morgan fingerprint density at radius 3 is 2.58 bits per heavy atom. The monoisotopic (exact) mass is 511 g/mol. The summed E-state index contributed by atoms with van der Waals surface area (Å²) in [6.07, 6.45) is 3.33. The first kappa shape index (κ1) is 26.6. The summed E-state index contributed by atoms with van der Waals surface area (Å²) in [6, 6.07) is 18.2. The van der Waals surface area contributed by atoms with Gasteiger partial charge in [-0.2, -0.15) is 5.26 Å². The van der Waals surface area contributed by atoms with Gasteiger partial charge in [0.25, 0.3) is 0 Å². The van der Waals surface area contributed by atoms with Crippen molar-refractivity contribution in [2.45, 2.75) is 55.3 Å². The van der Waals surface area contributed by atoms with E-state index in [0.717, 1.165) is 28.4 Å². The highest BCUT2D eigenvalue weighted by molar-refractivity contribution is 7.99. The summed E-state index contributed by atoms with van der Waals surface area (Å²) in [5.74, 6) is -2.58. The summed E-state index contributed by atoms with van der Waals surface area (Å²) in [5.41, 5.74) is 2.93. The van der Waals surface area contributed by atoms with Gasteiger partial charge in [-0.25, -0.2) is 8.78 Å². The van der Waals surface area contributed by atoms with Crippen molar-refractivity contribution in [1.82, 2.24) is 10.2 Å².